The zero-order valence-electron chi connectivity index (χ0n) is 17.4. The van der Waals surface area contributed by atoms with Gasteiger partial charge < -0.3 is 4.74 Å². The fraction of sp³-hybridized carbons (Fsp3) is 0.250. The van der Waals surface area contributed by atoms with Gasteiger partial charge in [0.25, 0.3) is 10.0 Å². The molecule has 0 unspecified atom stereocenters. The number of rotatable bonds is 5. The van der Waals surface area contributed by atoms with Crippen molar-refractivity contribution in [1.82, 2.24) is 3.97 Å². The van der Waals surface area contributed by atoms with Gasteiger partial charge in [-0.05, 0) is 69.0 Å². The van der Waals surface area contributed by atoms with Gasteiger partial charge in [0.05, 0.1) is 28.7 Å². The van der Waals surface area contributed by atoms with Gasteiger partial charge in [-0.2, -0.15) is 5.26 Å². The Morgan fingerprint density at radius 1 is 1.16 bits per heavy atom. The predicted octanol–water partition coefficient (Wildman–Crippen LogP) is 4.56. The third-order valence-electron chi connectivity index (χ3n) is 5.54. The predicted molar refractivity (Wildman–Crippen MR) is 118 cm³/mol. The molecule has 4 rings (SSSR count). The second kappa shape index (κ2) is 8.05. The summed E-state index contributed by atoms with van der Waals surface area (Å²) in [5.74, 6) is -0.367. The number of aryl methyl sites for hydroxylation is 1. The molecule has 158 valence electrons. The van der Waals surface area contributed by atoms with Crippen LogP contribution in [0.4, 0.5) is 0 Å². The van der Waals surface area contributed by atoms with E-state index in [9.17, 15) is 18.5 Å². The van der Waals surface area contributed by atoms with Gasteiger partial charge in [-0.15, -0.1) is 0 Å². The van der Waals surface area contributed by atoms with Crippen molar-refractivity contribution < 1.29 is 17.9 Å². The van der Waals surface area contributed by atoms with Crippen LogP contribution >= 0.6 is 0 Å². The van der Waals surface area contributed by atoms with Crippen molar-refractivity contribution in [2.75, 3.05) is 6.61 Å². The van der Waals surface area contributed by atoms with E-state index in [2.05, 4.69) is 6.07 Å². The molecule has 0 bridgehead atoms. The molecule has 0 saturated heterocycles. The zero-order chi connectivity index (χ0) is 22.2. The molecule has 0 aliphatic heterocycles. The third kappa shape index (κ3) is 3.64. The number of ether oxygens (including phenoxy) is 1. The number of hydrogen-bond donors (Lipinski definition) is 0. The SMILES string of the molecule is CCOC(=O)C1=C(c2cn(S(=O)(=O)c3ccc(C)cc3)c3ccc(C#N)cc23)CCC1. The Bertz CT molecular complexity index is 1360. The molecule has 1 heterocycles. The molecule has 6 nitrogen and oxygen atoms in total. The van der Waals surface area contributed by atoms with Crippen LogP contribution in [0.25, 0.3) is 16.5 Å². The van der Waals surface area contributed by atoms with Crippen molar-refractivity contribution >= 4 is 32.5 Å². The summed E-state index contributed by atoms with van der Waals surface area (Å²) in [4.78, 5) is 12.7. The smallest absolute Gasteiger partial charge is 0.334 e. The lowest BCUT2D eigenvalue weighted by molar-refractivity contribution is -0.138. The van der Waals surface area contributed by atoms with Crippen LogP contribution in [0.3, 0.4) is 0 Å². The monoisotopic (exact) mass is 434 g/mol. The number of esters is 1. The molecule has 0 N–H and O–H groups in total. The second-order valence-electron chi connectivity index (χ2n) is 7.53. The number of nitriles is 1. The van der Waals surface area contributed by atoms with E-state index in [-0.39, 0.29) is 17.5 Å². The molecule has 0 saturated carbocycles. The summed E-state index contributed by atoms with van der Waals surface area (Å²) in [6.07, 6.45) is 3.60. The maximum Gasteiger partial charge on any atom is 0.334 e. The number of fused-ring (bicyclic) bond motifs is 1. The van der Waals surface area contributed by atoms with Gasteiger partial charge in [-0.25, -0.2) is 17.2 Å². The average molecular weight is 435 g/mol. The zero-order valence-corrected chi connectivity index (χ0v) is 18.2. The minimum absolute atomic E-state index is 0.178. The molecule has 2 aromatic carbocycles. The molecule has 0 spiro atoms. The van der Waals surface area contributed by atoms with E-state index in [4.69, 9.17) is 4.74 Å². The molecule has 1 aromatic heterocycles. The molecule has 0 atom stereocenters. The molecule has 1 aliphatic carbocycles. The first-order valence-electron chi connectivity index (χ1n) is 10.1. The summed E-state index contributed by atoms with van der Waals surface area (Å²) < 4.78 is 33.4. The van der Waals surface area contributed by atoms with Gasteiger partial charge in [0.15, 0.2) is 0 Å². The highest BCUT2D eigenvalue weighted by Crippen LogP contribution is 2.40. The topological polar surface area (TPSA) is 89.2 Å². The van der Waals surface area contributed by atoms with Crippen molar-refractivity contribution in [3.8, 4) is 6.07 Å². The lowest BCUT2D eigenvalue weighted by Gasteiger charge is -2.08. The second-order valence-corrected chi connectivity index (χ2v) is 9.35. The Hall–Kier alpha value is -3.37. The molecular formula is C24H22N2O4S. The first kappa shape index (κ1) is 20.9. The van der Waals surface area contributed by atoms with Crippen molar-refractivity contribution in [2.45, 2.75) is 38.0 Å². The molecule has 1 aliphatic rings. The summed E-state index contributed by atoms with van der Waals surface area (Å²) in [5.41, 5.74) is 3.88. The fourth-order valence-corrected chi connectivity index (χ4v) is 5.39. The Balaban J connectivity index is 1.98. The molecule has 7 heteroatoms. The number of benzene rings is 2. The Morgan fingerprint density at radius 2 is 1.90 bits per heavy atom. The number of carbonyl (C=O) groups excluding carboxylic acids is 1. The first-order valence-corrected chi connectivity index (χ1v) is 11.6. The highest BCUT2D eigenvalue weighted by atomic mass is 32.2. The van der Waals surface area contributed by atoms with E-state index in [0.717, 1.165) is 17.6 Å². The molecule has 0 amide bonds. The lowest BCUT2D eigenvalue weighted by Crippen LogP contribution is -2.12. The van der Waals surface area contributed by atoms with Crippen LogP contribution in [0.5, 0.6) is 0 Å². The van der Waals surface area contributed by atoms with Crippen LogP contribution < -0.4 is 0 Å². The highest BCUT2D eigenvalue weighted by molar-refractivity contribution is 7.90. The van der Waals surface area contributed by atoms with Gasteiger partial charge in [0, 0.05) is 22.7 Å². The van der Waals surface area contributed by atoms with Crippen LogP contribution in [0.15, 0.2) is 59.1 Å². The van der Waals surface area contributed by atoms with Crippen LogP contribution in [0.2, 0.25) is 0 Å². The van der Waals surface area contributed by atoms with Crippen LogP contribution in [0.1, 0.15) is 42.9 Å². The number of allylic oxidation sites excluding steroid dienone is 1. The van der Waals surface area contributed by atoms with E-state index in [1.54, 1.807) is 55.6 Å². The molecular weight excluding hydrogens is 412 g/mol. The van der Waals surface area contributed by atoms with Crippen molar-refractivity contribution in [3.05, 3.63) is 70.9 Å². The van der Waals surface area contributed by atoms with Crippen molar-refractivity contribution in [2.24, 2.45) is 0 Å². The molecule has 3 aromatic rings. The first-order chi connectivity index (χ1) is 14.9. The molecule has 31 heavy (non-hydrogen) atoms. The summed E-state index contributed by atoms with van der Waals surface area (Å²) >= 11 is 0. The van der Waals surface area contributed by atoms with E-state index in [1.807, 2.05) is 6.92 Å². The molecule has 0 radical (unpaired) electrons. The summed E-state index contributed by atoms with van der Waals surface area (Å²) in [5, 5.41) is 10.0. The standard InChI is InChI=1S/C24H22N2O4S/c1-3-30-24(27)20-6-4-5-19(20)22-15-26(23-12-9-17(14-25)13-21(22)23)31(28,29)18-10-7-16(2)8-11-18/h7-13,15H,3-6H2,1-2H3. The number of aromatic nitrogens is 1. The maximum atomic E-state index is 13.4. The number of carbonyl (C=O) groups is 1. The van der Waals surface area contributed by atoms with Crippen LogP contribution in [0, 0.1) is 18.3 Å². The largest absolute Gasteiger partial charge is 0.463 e. The van der Waals surface area contributed by atoms with Gasteiger partial charge in [0.1, 0.15) is 0 Å². The van der Waals surface area contributed by atoms with Gasteiger partial charge >= 0.3 is 5.97 Å². The fourth-order valence-electron chi connectivity index (χ4n) is 4.02. The van der Waals surface area contributed by atoms with Gasteiger partial charge in [-0.1, -0.05) is 17.7 Å². The Kier molecular flexibility index (Phi) is 5.42. The number of hydrogen-bond acceptors (Lipinski definition) is 5. The summed E-state index contributed by atoms with van der Waals surface area (Å²) in [6.45, 7) is 3.93. The minimum Gasteiger partial charge on any atom is -0.463 e. The van der Waals surface area contributed by atoms with Gasteiger partial charge in [-0.3, -0.25) is 0 Å². The lowest BCUT2D eigenvalue weighted by atomic mass is 10.0. The van der Waals surface area contributed by atoms with E-state index >= 15 is 0 Å². The van der Waals surface area contributed by atoms with E-state index in [0.29, 0.717) is 40.4 Å². The van der Waals surface area contributed by atoms with E-state index in [1.165, 1.54) is 3.97 Å². The Labute approximate surface area is 181 Å². The number of nitrogens with zero attached hydrogens (tertiary/aromatic N) is 2. The normalized spacial score (nSPS) is 14.1. The summed E-state index contributed by atoms with van der Waals surface area (Å²) in [7, 11) is -3.86. The van der Waals surface area contributed by atoms with E-state index < -0.39 is 10.0 Å². The van der Waals surface area contributed by atoms with Crippen LogP contribution in [-0.2, 0) is 19.6 Å². The van der Waals surface area contributed by atoms with Crippen LogP contribution in [-0.4, -0.2) is 25.0 Å². The highest BCUT2D eigenvalue weighted by Gasteiger charge is 2.28. The molecule has 0 fully saturated rings. The summed E-state index contributed by atoms with van der Waals surface area (Å²) in [6, 6.07) is 13.7. The van der Waals surface area contributed by atoms with Gasteiger partial charge in [0.2, 0.25) is 0 Å². The average Bonchev–Trinajstić information content (AvgIpc) is 3.38. The maximum absolute atomic E-state index is 13.4. The third-order valence-corrected chi connectivity index (χ3v) is 7.23. The Morgan fingerprint density at radius 3 is 2.58 bits per heavy atom. The quantitative estimate of drug-likeness (QED) is 0.549. The van der Waals surface area contributed by atoms with Crippen molar-refractivity contribution in [3.63, 3.8) is 0 Å². The van der Waals surface area contributed by atoms with Crippen molar-refractivity contribution in [1.29, 1.82) is 5.26 Å². The minimum atomic E-state index is -3.86.